The van der Waals surface area contributed by atoms with Crippen molar-refractivity contribution in [3.63, 3.8) is 0 Å². The standard InChI is InChI=1S/C33H24ClF2N5O4.C30H20F2N4O3.C3H4ClNO/c1-37-32(42)29-21-13-20(23-9-10-27-30(39-23)26-14-19-22(36)3-2-4-25(19)41(26)16-44-27)24(40-33(43)38-12-11-34)15-28(21)45-31(29)17-5-7-18(35)8-6-17;1-34-30(37)27-19-11-18(21(33)13-26(19)39-29(27)15-5-7-16(31)8-6-15)22-9-10-25-28(35-22)24-12-17-20(32)3-2-4-23(17)36(24)14-38-25;4-1-2-5-3-6/h2-10,13-15H,11-12,16H2,1H3,(H,37,42)(H2,38,40,43);2-13H,14,33H2,1H3,(H,34,37);1-2H2. The van der Waals surface area contributed by atoms with Crippen molar-refractivity contribution in [2.45, 2.75) is 13.5 Å². The van der Waals surface area contributed by atoms with Gasteiger partial charge in [-0.15, -0.1) is 23.2 Å². The summed E-state index contributed by atoms with van der Waals surface area (Å²) >= 11 is 10.9. The van der Waals surface area contributed by atoms with Gasteiger partial charge in [0.05, 0.1) is 57.2 Å². The summed E-state index contributed by atoms with van der Waals surface area (Å²) in [6.45, 7) is 1.04. The van der Waals surface area contributed by atoms with Crippen molar-refractivity contribution in [2.24, 2.45) is 4.99 Å². The third-order valence-corrected chi connectivity index (χ3v) is 15.3. The van der Waals surface area contributed by atoms with Crippen LogP contribution in [0.2, 0.25) is 0 Å². The fourth-order valence-corrected chi connectivity index (χ4v) is 11.0. The Morgan fingerprint density at radius 1 is 0.611 bits per heavy atom. The van der Waals surface area contributed by atoms with Crippen LogP contribution in [-0.2, 0) is 18.3 Å². The molecule has 90 heavy (non-hydrogen) atoms. The van der Waals surface area contributed by atoms with E-state index < -0.39 is 23.6 Å². The second kappa shape index (κ2) is 25.0. The minimum atomic E-state index is -0.509. The highest BCUT2D eigenvalue weighted by molar-refractivity contribution is 6.18. The van der Waals surface area contributed by atoms with Gasteiger partial charge in [0.25, 0.3) is 11.8 Å². The van der Waals surface area contributed by atoms with Gasteiger partial charge in [-0.2, -0.15) is 0 Å². The van der Waals surface area contributed by atoms with Gasteiger partial charge in [0.15, 0.2) is 13.5 Å². The number of anilines is 2. The van der Waals surface area contributed by atoms with E-state index in [0.717, 1.165) is 5.69 Å². The highest BCUT2D eigenvalue weighted by atomic mass is 35.5. The van der Waals surface area contributed by atoms with E-state index in [4.69, 9.17) is 57.2 Å². The van der Waals surface area contributed by atoms with Gasteiger partial charge < -0.3 is 54.4 Å². The largest absolute Gasteiger partial charge is 0.470 e. The normalized spacial score (nSPS) is 11.8. The summed E-state index contributed by atoms with van der Waals surface area (Å²) < 4.78 is 84.3. The second-order valence-electron chi connectivity index (χ2n) is 20.2. The number of hydrogen-bond donors (Lipinski definition) is 5. The zero-order valence-corrected chi connectivity index (χ0v) is 49.0. The van der Waals surface area contributed by atoms with Crippen molar-refractivity contribution in [3.05, 3.63) is 180 Å². The molecule has 8 heterocycles. The van der Waals surface area contributed by atoms with Crippen molar-refractivity contribution in [3.8, 4) is 79.4 Å². The summed E-state index contributed by atoms with van der Waals surface area (Å²) in [4.78, 5) is 61.2. The van der Waals surface area contributed by atoms with Crippen molar-refractivity contribution >= 4 is 102 Å². The Morgan fingerprint density at radius 3 is 1.57 bits per heavy atom. The molecule has 0 saturated heterocycles. The van der Waals surface area contributed by atoms with E-state index in [0.29, 0.717) is 141 Å². The van der Waals surface area contributed by atoms with E-state index >= 15 is 0 Å². The molecule has 0 aliphatic carbocycles. The molecule has 18 nitrogen and oxygen atoms in total. The van der Waals surface area contributed by atoms with E-state index in [1.54, 1.807) is 84.9 Å². The Kier molecular flexibility index (Phi) is 16.5. The van der Waals surface area contributed by atoms with E-state index in [1.165, 1.54) is 68.7 Å². The first kappa shape index (κ1) is 59.4. The lowest BCUT2D eigenvalue weighted by Crippen LogP contribution is -2.30. The predicted molar refractivity (Wildman–Crippen MR) is 335 cm³/mol. The Balaban J connectivity index is 0.000000161. The summed E-state index contributed by atoms with van der Waals surface area (Å²) in [5.41, 5.74) is 15.4. The number of aliphatic imine (C=N–C) groups is 1. The SMILES string of the molecule is CNC(=O)c1c(-c2ccc(F)cc2)oc2cc(N)c(-c3ccc4c(n3)-c3cc5c(F)cccc5n3CO4)cc12.CNC(=O)c1c(-c2ccc(F)cc2)oc2cc(NC(=O)NCCCl)c(-c3ccc4c(n3)-c3cc5c(F)cccc5n3CO4)cc12.O=C=NCCCl. The lowest BCUT2D eigenvalue weighted by molar-refractivity contribution is 0.0956. The number of carbonyl (C=O) groups is 3. The average Bonchev–Trinajstić information content (AvgIpc) is 2.97. The molecule has 14 rings (SSSR count). The monoisotopic (exact) mass is 1250 g/mol. The summed E-state index contributed by atoms with van der Waals surface area (Å²) in [6.07, 6.45) is 1.36. The molecule has 4 amide bonds. The van der Waals surface area contributed by atoms with Gasteiger partial charge >= 0.3 is 6.03 Å². The van der Waals surface area contributed by atoms with Crippen LogP contribution in [0.1, 0.15) is 20.7 Å². The summed E-state index contributed by atoms with van der Waals surface area (Å²) in [5.74, 6) is -0.0447. The number of rotatable bonds is 11. The molecule has 0 spiro atoms. The van der Waals surface area contributed by atoms with Crippen LogP contribution in [0.5, 0.6) is 11.5 Å². The Labute approximate surface area is 517 Å². The number of fused-ring (bicyclic) bond motifs is 12. The van der Waals surface area contributed by atoms with Crippen LogP contribution in [0.15, 0.2) is 159 Å². The van der Waals surface area contributed by atoms with Gasteiger partial charge in [0, 0.05) is 94.0 Å². The van der Waals surface area contributed by atoms with E-state index in [9.17, 15) is 36.7 Å². The number of isocyanates is 1. The number of carbonyl (C=O) groups excluding carboxylic acids is 4. The predicted octanol–water partition coefficient (Wildman–Crippen LogP) is 14.0. The number of nitrogens with zero attached hydrogens (tertiary/aromatic N) is 5. The number of pyridine rings is 2. The lowest BCUT2D eigenvalue weighted by atomic mass is 10.0. The first-order chi connectivity index (χ1) is 43.7. The molecule has 12 aromatic rings. The van der Waals surface area contributed by atoms with Crippen LogP contribution in [0, 0.1) is 23.3 Å². The third kappa shape index (κ3) is 11.1. The molecule has 6 N–H and O–H groups in total. The lowest BCUT2D eigenvalue weighted by Gasteiger charge is -2.21. The number of nitrogens with two attached hydrogens (primary N) is 1. The summed E-state index contributed by atoms with van der Waals surface area (Å²) in [7, 11) is 3.03. The number of alkyl halides is 2. The molecule has 0 bridgehead atoms. The second-order valence-corrected chi connectivity index (χ2v) is 21.0. The molecule has 0 radical (unpaired) electrons. The van der Waals surface area contributed by atoms with Gasteiger partial charge in [-0.25, -0.2) is 42.1 Å². The number of halogens is 6. The van der Waals surface area contributed by atoms with E-state index in [1.807, 2.05) is 21.3 Å². The fraction of sp³-hybridized carbons (Fsp3) is 0.121. The molecule has 2 aliphatic rings. The molecule has 0 unspecified atom stereocenters. The van der Waals surface area contributed by atoms with Gasteiger partial charge in [-0.05, 0) is 121 Å². The van der Waals surface area contributed by atoms with Gasteiger partial charge in [0.2, 0.25) is 6.08 Å². The highest BCUT2D eigenvalue weighted by Crippen LogP contribution is 2.45. The minimum Gasteiger partial charge on any atom is -0.470 e. The van der Waals surface area contributed by atoms with Gasteiger partial charge in [0.1, 0.15) is 68.8 Å². The van der Waals surface area contributed by atoms with E-state index in [-0.39, 0.29) is 54.8 Å². The number of nitrogen functional groups attached to an aromatic ring is 1. The molecule has 0 saturated carbocycles. The number of amides is 4. The third-order valence-electron chi connectivity index (χ3n) is 14.9. The maximum absolute atomic E-state index is 14.7. The van der Waals surface area contributed by atoms with Crippen LogP contribution < -0.4 is 36.5 Å². The van der Waals surface area contributed by atoms with Crippen LogP contribution in [0.4, 0.5) is 33.7 Å². The van der Waals surface area contributed by atoms with Crippen LogP contribution in [0.25, 0.3) is 112 Å². The number of aromatic nitrogens is 4. The Hall–Kier alpha value is -10.9. The number of urea groups is 1. The molecule has 24 heteroatoms. The van der Waals surface area contributed by atoms with Crippen LogP contribution in [-0.4, -0.2) is 82.0 Å². The quantitative estimate of drug-likeness (QED) is 0.0268. The van der Waals surface area contributed by atoms with Crippen molar-refractivity contribution in [2.75, 3.05) is 50.0 Å². The smallest absolute Gasteiger partial charge is 0.319 e. The van der Waals surface area contributed by atoms with Crippen molar-refractivity contribution < 1.29 is 55.0 Å². The maximum atomic E-state index is 14.7. The molecular formula is C66H48Cl2F4N10O8. The Bertz CT molecular complexity index is 4890. The topological polar surface area (TPSA) is 235 Å². The van der Waals surface area contributed by atoms with Crippen molar-refractivity contribution in [1.29, 1.82) is 0 Å². The van der Waals surface area contributed by atoms with Crippen LogP contribution in [0.3, 0.4) is 0 Å². The molecule has 6 aromatic carbocycles. The Morgan fingerprint density at radius 2 is 1.10 bits per heavy atom. The van der Waals surface area contributed by atoms with Crippen LogP contribution >= 0.6 is 23.2 Å². The highest BCUT2D eigenvalue weighted by Gasteiger charge is 2.29. The number of nitrogens with one attached hydrogen (secondary N) is 4. The zero-order valence-electron chi connectivity index (χ0n) is 47.4. The van der Waals surface area contributed by atoms with Gasteiger partial charge in [-0.3, -0.25) is 9.59 Å². The number of ether oxygens (including phenoxy) is 2. The molecule has 452 valence electrons. The van der Waals surface area contributed by atoms with E-state index in [2.05, 4.69) is 26.3 Å². The summed E-state index contributed by atoms with van der Waals surface area (Å²) in [6, 6.07) is 37.9. The molecule has 6 aromatic heterocycles. The fourth-order valence-electron chi connectivity index (χ4n) is 10.8. The minimum absolute atomic E-state index is 0.187. The zero-order chi connectivity index (χ0) is 62.9. The maximum Gasteiger partial charge on any atom is 0.319 e. The molecule has 0 fully saturated rings. The van der Waals surface area contributed by atoms with Crippen molar-refractivity contribution in [1.82, 2.24) is 35.1 Å². The number of furan rings is 2. The summed E-state index contributed by atoms with van der Waals surface area (Å²) in [5, 5.41) is 12.7. The number of hydrogen-bond acceptors (Lipinski definition) is 12. The first-order valence-electron chi connectivity index (χ1n) is 27.7. The first-order valence-corrected chi connectivity index (χ1v) is 28.7. The molecular weight excluding hydrogens is 1210 g/mol. The molecule has 2 aliphatic heterocycles. The average molecular weight is 1260 g/mol. The number of benzene rings is 6. The van der Waals surface area contributed by atoms with Gasteiger partial charge in [-0.1, -0.05) is 12.1 Å². The molecule has 0 atom stereocenters.